The summed E-state index contributed by atoms with van der Waals surface area (Å²) < 4.78 is 18.1. The lowest BCUT2D eigenvalue weighted by atomic mass is 9.93. The first kappa shape index (κ1) is 18.6. The van der Waals surface area contributed by atoms with Gasteiger partial charge in [0.2, 0.25) is 5.79 Å². The summed E-state index contributed by atoms with van der Waals surface area (Å²) in [6.07, 6.45) is 1.94. The highest BCUT2D eigenvalue weighted by Crippen LogP contribution is 2.40. The number of hydrogen-bond acceptors (Lipinski definition) is 4. The van der Waals surface area contributed by atoms with E-state index in [-0.39, 0.29) is 23.2 Å². The standard InChI is InChI=1S/C22H26O4/c1-15(23)20-13-19(25-21(2,3)4)14-22(24-5,26-20)18-11-10-16-8-6-7-9-17(16)12-18/h6-13,19H,14H2,1-5H3/t19-,22+/m0/s1. The summed E-state index contributed by atoms with van der Waals surface area (Å²) in [7, 11) is 1.60. The van der Waals surface area contributed by atoms with Gasteiger partial charge in [0.1, 0.15) is 0 Å². The molecular weight excluding hydrogens is 328 g/mol. The van der Waals surface area contributed by atoms with Gasteiger partial charge in [-0.1, -0.05) is 36.4 Å². The number of ketones is 1. The second-order valence-corrected chi connectivity index (χ2v) is 7.68. The quantitative estimate of drug-likeness (QED) is 0.797. The molecule has 0 amide bonds. The Morgan fingerprint density at radius 2 is 1.85 bits per heavy atom. The lowest BCUT2D eigenvalue weighted by Crippen LogP contribution is -2.42. The van der Waals surface area contributed by atoms with Gasteiger partial charge in [0.15, 0.2) is 11.5 Å². The Balaban J connectivity index is 2.05. The minimum atomic E-state index is -1.06. The van der Waals surface area contributed by atoms with Crippen LogP contribution in [0.5, 0.6) is 0 Å². The second kappa shape index (κ2) is 6.86. The molecule has 0 unspecified atom stereocenters. The van der Waals surface area contributed by atoms with Gasteiger partial charge in [-0.25, -0.2) is 0 Å². The fourth-order valence-corrected chi connectivity index (χ4v) is 3.31. The molecule has 2 aromatic carbocycles. The van der Waals surface area contributed by atoms with E-state index in [2.05, 4.69) is 18.2 Å². The predicted molar refractivity (Wildman–Crippen MR) is 102 cm³/mol. The molecular formula is C22H26O4. The van der Waals surface area contributed by atoms with Crippen molar-refractivity contribution in [3.8, 4) is 0 Å². The number of methoxy groups -OCH3 is 1. The number of carbonyl (C=O) groups is 1. The Labute approximate surface area is 154 Å². The molecule has 3 rings (SSSR count). The molecule has 0 saturated heterocycles. The van der Waals surface area contributed by atoms with Gasteiger partial charge in [0.25, 0.3) is 0 Å². The van der Waals surface area contributed by atoms with E-state index in [0.29, 0.717) is 6.42 Å². The molecule has 0 spiro atoms. The van der Waals surface area contributed by atoms with Crippen LogP contribution in [0.1, 0.15) is 39.7 Å². The summed E-state index contributed by atoms with van der Waals surface area (Å²) >= 11 is 0. The topological polar surface area (TPSA) is 44.8 Å². The zero-order chi connectivity index (χ0) is 18.9. The first-order valence-electron chi connectivity index (χ1n) is 8.86. The van der Waals surface area contributed by atoms with Gasteiger partial charge in [-0.15, -0.1) is 0 Å². The highest BCUT2D eigenvalue weighted by Gasteiger charge is 2.43. The van der Waals surface area contributed by atoms with Gasteiger partial charge in [0.05, 0.1) is 11.7 Å². The van der Waals surface area contributed by atoms with E-state index in [1.54, 1.807) is 13.2 Å². The molecule has 138 valence electrons. The Kier molecular flexibility index (Phi) is 4.91. The lowest BCUT2D eigenvalue weighted by molar-refractivity contribution is -0.240. The fraction of sp³-hybridized carbons (Fsp3) is 0.409. The van der Waals surface area contributed by atoms with Gasteiger partial charge in [0, 0.05) is 26.0 Å². The third-order valence-corrected chi connectivity index (χ3v) is 4.45. The zero-order valence-corrected chi connectivity index (χ0v) is 16.0. The maximum absolute atomic E-state index is 12.1. The Morgan fingerprint density at radius 3 is 2.46 bits per heavy atom. The number of hydrogen-bond donors (Lipinski definition) is 0. The van der Waals surface area contributed by atoms with Crippen molar-refractivity contribution < 1.29 is 19.0 Å². The van der Waals surface area contributed by atoms with Crippen LogP contribution in [-0.2, 0) is 24.8 Å². The van der Waals surface area contributed by atoms with Crippen molar-refractivity contribution in [1.29, 1.82) is 0 Å². The molecule has 2 aromatic rings. The molecule has 1 heterocycles. The summed E-state index contributed by atoms with van der Waals surface area (Å²) in [6, 6.07) is 14.2. The molecule has 1 aliphatic rings. The van der Waals surface area contributed by atoms with Crippen molar-refractivity contribution in [1.82, 2.24) is 0 Å². The lowest BCUT2D eigenvalue weighted by Gasteiger charge is -2.40. The predicted octanol–water partition coefficient (Wildman–Crippen LogP) is 4.72. The van der Waals surface area contributed by atoms with E-state index >= 15 is 0 Å². The number of Topliss-reactive ketones (excluding diaryl/α,β-unsaturated/α-hetero) is 1. The smallest absolute Gasteiger partial charge is 0.240 e. The molecule has 4 heteroatoms. The third kappa shape index (κ3) is 3.81. The third-order valence-electron chi connectivity index (χ3n) is 4.45. The molecule has 2 atom stereocenters. The van der Waals surface area contributed by atoms with Gasteiger partial charge >= 0.3 is 0 Å². The molecule has 26 heavy (non-hydrogen) atoms. The highest BCUT2D eigenvalue weighted by atomic mass is 16.7. The average Bonchev–Trinajstić information content (AvgIpc) is 2.59. The van der Waals surface area contributed by atoms with Crippen LogP contribution < -0.4 is 0 Å². The summed E-state index contributed by atoms with van der Waals surface area (Å²) in [6.45, 7) is 7.48. The second-order valence-electron chi connectivity index (χ2n) is 7.68. The van der Waals surface area contributed by atoms with E-state index in [1.807, 2.05) is 45.0 Å². The molecule has 0 fully saturated rings. The van der Waals surface area contributed by atoms with Crippen molar-refractivity contribution in [3.63, 3.8) is 0 Å². The number of benzene rings is 2. The number of ether oxygens (including phenoxy) is 3. The first-order valence-corrected chi connectivity index (χ1v) is 8.86. The van der Waals surface area contributed by atoms with E-state index < -0.39 is 5.79 Å². The maximum atomic E-state index is 12.1. The van der Waals surface area contributed by atoms with Gasteiger partial charge < -0.3 is 14.2 Å². The Morgan fingerprint density at radius 1 is 1.15 bits per heavy atom. The summed E-state index contributed by atoms with van der Waals surface area (Å²) in [4.78, 5) is 12.1. The van der Waals surface area contributed by atoms with E-state index in [9.17, 15) is 4.79 Å². The van der Waals surface area contributed by atoms with Gasteiger partial charge in [-0.05, 0) is 43.7 Å². The van der Waals surface area contributed by atoms with E-state index in [1.165, 1.54) is 6.92 Å². The first-order chi connectivity index (χ1) is 12.2. The van der Waals surface area contributed by atoms with Crippen molar-refractivity contribution in [2.45, 2.75) is 51.6 Å². The fourth-order valence-electron chi connectivity index (χ4n) is 3.31. The SMILES string of the molecule is CO[C@]1(c2ccc3ccccc3c2)C[C@@H](OC(C)(C)C)C=C(C(C)=O)O1. The molecule has 0 bridgehead atoms. The average molecular weight is 354 g/mol. The number of fused-ring (bicyclic) bond motifs is 1. The van der Waals surface area contributed by atoms with Gasteiger partial charge in [-0.3, -0.25) is 4.79 Å². The van der Waals surface area contributed by atoms with Gasteiger partial charge in [-0.2, -0.15) is 0 Å². The van der Waals surface area contributed by atoms with Crippen LogP contribution in [0, 0.1) is 0 Å². The molecule has 0 saturated carbocycles. The zero-order valence-electron chi connectivity index (χ0n) is 16.0. The van der Waals surface area contributed by atoms with Crippen LogP contribution in [0.15, 0.2) is 54.3 Å². The minimum Gasteiger partial charge on any atom is -0.454 e. The molecule has 0 aromatic heterocycles. The number of rotatable bonds is 4. The molecule has 0 radical (unpaired) electrons. The van der Waals surface area contributed by atoms with Crippen molar-refractivity contribution in [2.24, 2.45) is 0 Å². The summed E-state index contributed by atoms with van der Waals surface area (Å²) in [5, 5.41) is 2.24. The number of carbonyl (C=O) groups excluding carboxylic acids is 1. The molecule has 0 aliphatic carbocycles. The van der Waals surface area contributed by atoms with E-state index in [0.717, 1.165) is 16.3 Å². The van der Waals surface area contributed by atoms with Crippen LogP contribution >= 0.6 is 0 Å². The summed E-state index contributed by atoms with van der Waals surface area (Å²) in [5.74, 6) is -0.926. The van der Waals surface area contributed by atoms with Crippen LogP contribution in [0.3, 0.4) is 0 Å². The van der Waals surface area contributed by atoms with Crippen LogP contribution in [0.25, 0.3) is 10.8 Å². The molecule has 1 aliphatic heterocycles. The van der Waals surface area contributed by atoms with E-state index in [4.69, 9.17) is 14.2 Å². The number of allylic oxidation sites excluding steroid dienone is 1. The van der Waals surface area contributed by atoms with Crippen molar-refractivity contribution >= 4 is 16.6 Å². The summed E-state index contributed by atoms with van der Waals surface area (Å²) in [5.41, 5.74) is 0.525. The monoisotopic (exact) mass is 354 g/mol. The van der Waals surface area contributed by atoms with Crippen molar-refractivity contribution in [2.75, 3.05) is 7.11 Å². The largest absolute Gasteiger partial charge is 0.454 e. The minimum absolute atomic E-state index is 0.144. The normalized spacial score (nSPS) is 23.4. The molecule has 0 N–H and O–H groups in total. The highest BCUT2D eigenvalue weighted by molar-refractivity contribution is 5.91. The maximum Gasteiger partial charge on any atom is 0.240 e. The van der Waals surface area contributed by atoms with Crippen LogP contribution in [0.4, 0.5) is 0 Å². The van der Waals surface area contributed by atoms with Crippen molar-refractivity contribution in [3.05, 3.63) is 59.9 Å². The Hall–Kier alpha value is -2.17. The Bertz CT molecular complexity index is 847. The molecule has 4 nitrogen and oxygen atoms in total. The van der Waals surface area contributed by atoms with Crippen LogP contribution in [0.2, 0.25) is 0 Å². The van der Waals surface area contributed by atoms with Crippen LogP contribution in [-0.4, -0.2) is 24.6 Å².